The molecule has 0 unspecified atom stereocenters. The normalized spacial score (nSPS) is 24.1. The molecule has 4 saturated heterocycles. The van der Waals surface area contributed by atoms with Crippen molar-refractivity contribution in [2.75, 3.05) is 83.4 Å². The number of methoxy groups -OCH3 is 2. The molecule has 17 heteroatoms. The van der Waals surface area contributed by atoms with Crippen LogP contribution in [0.3, 0.4) is 0 Å². The first-order valence-electron chi connectivity index (χ1n) is 21.7. The fourth-order valence-corrected chi connectivity index (χ4v) is 9.34. The molecule has 6 heterocycles. The highest BCUT2D eigenvalue weighted by Gasteiger charge is 2.39. The van der Waals surface area contributed by atoms with Crippen LogP contribution in [0.15, 0.2) is 12.4 Å². The van der Waals surface area contributed by atoms with Crippen LogP contribution in [0.2, 0.25) is 5.15 Å². The lowest BCUT2D eigenvalue weighted by Crippen LogP contribution is -2.62. The van der Waals surface area contributed by atoms with Crippen molar-refractivity contribution in [1.82, 2.24) is 39.5 Å². The van der Waals surface area contributed by atoms with Gasteiger partial charge in [0.1, 0.15) is 11.4 Å². The van der Waals surface area contributed by atoms with Crippen molar-refractivity contribution < 1.29 is 28.6 Å². The third-order valence-corrected chi connectivity index (χ3v) is 12.7. The van der Waals surface area contributed by atoms with Gasteiger partial charge in [-0.2, -0.15) is 0 Å². The van der Waals surface area contributed by atoms with Crippen LogP contribution < -0.4 is 9.80 Å². The molecule has 6 rings (SSSR count). The van der Waals surface area contributed by atoms with E-state index in [9.17, 15) is 14.4 Å². The topological polar surface area (TPSA) is 150 Å². The van der Waals surface area contributed by atoms with E-state index >= 15 is 0 Å². The lowest BCUT2D eigenvalue weighted by atomic mass is 9.96. The van der Waals surface area contributed by atoms with Crippen LogP contribution in [0.4, 0.5) is 16.4 Å². The summed E-state index contributed by atoms with van der Waals surface area (Å²) in [6.45, 7) is 23.9. The summed E-state index contributed by atoms with van der Waals surface area (Å²) < 4.78 is 15.0. The monoisotopic (exact) mass is 857 g/mol. The van der Waals surface area contributed by atoms with Crippen LogP contribution in [0.25, 0.3) is 0 Å². The molecule has 0 N–H and O–H groups in total. The number of likely N-dealkylation sites (tertiary alicyclic amines) is 2. The molecule has 334 valence electrons. The first-order valence-corrected chi connectivity index (χ1v) is 22.1. The third kappa shape index (κ3) is 11.5. The molecule has 0 saturated carbocycles. The number of hydrogen-bond donors (Lipinski definition) is 0. The molecule has 4 fully saturated rings. The van der Waals surface area contributed by atoms with Gasteiger partial charge in [0.05, 0.1) is 32.3 Å². The Morgan fingerprint density at radius 3 is 1.62 bits per heavy atom. The van der Waals surface area contributed by atoms with Gasteiger partial charge in [0.2, 0.25) is 0 Å². The van der Waals surface area contributed by atoms with Gasteiger partial charge in [-0.1, -0.05) is 25.4 Å². The smallest absolute Gasteiger partial charge is 0.410 e. The number of rotatable bonds is 8. The molecule has 0 aromatic carbocycles. The number of aromatic nitrogens is 4. The number of amides is 1. The van der Waals surface area contributed by atoms with Gasteiger partial charge in [0.15, 0.2) is 22.4 Å². The van der Waals surface area contributed by atoms with Crippen molar-refractivity contribution in [3.8, 4) is 0 Å². The standard InChI is InChI=1S/C23H36ClN5O4.C20H33N5O2/c1-7-16-14-28(20-19(24)26-18(12-25-20)21(30)32-6)15(2)13-29(16)17-8-10-27(11-9-17)22(31)33-23(3,4)5;1-6-16-13-24(19-15(3)22-18(11-21-19)20(26)27-5)14(2)12-25(16)17-7-9-23(4)10-8-17/h12,15-17H,7-11,13-14H2,1-6H3;11,14,16-17H,6-10,12-13H2,1-5H3/t15-,16+;14-,16+/m11/s1. The van der Waals surface area contributed by atoms with Crippen LogP contribution >= 0.6 is 11.6 Å². The predicted octanol–water partition coefficient (Wildman–Crippen LogP) is 5.56. The number of piperazine rings is 2. The van der Waals surface area contributed by atoms with E-state index in [0.717, 1.165) is 63.4 Å². The Morgan fingerprint density at radius 2 is 1.18 bits per heavy atom. The second kappa shape index (κ2) is 20.8. The molecule has 0 radical (unpaired) electrons. The van der Waals surface area contributed by atoms with Crippen LogP contribution in [0, 0.1) is 6.92 Å². The lowest BCUT2D eigenvalue weighted by molar-refractivity contribution is 0.00754. The summed E-state index contributed by atoms with van der Waals surface area (Å²) in [7, 11) is 4.88. The number of piperidine rings is 2. The van der Waals surface area contributed by atoms with E-state index in [1.54, 1.807) is 0 Å². The van der Waals surface area contributed by atoms with Crippen LogP contribution in [-0.4, -0.2) is 173 Å². The highest BCUT2D eigenvalue weighted by molar-refractivity contribution is 6.31. The second-order valence-corrected chi connectivity index (χ2v) is 18.1. The number of aryl methyl sites for hydroxylation is 1. The molecule has 60 heavy (non-hydrogen) atoms. The second-order valence-electron chi connectivity index (χ2n) is 17.8. The number of esters is 2. The summed E-state index contributed by atoms with van der Waals surface area (Å²) in [5, 5.41) is 0.207. The van der Waals surface area contributed by atoms with Crippen LogP contribution in [0.1, 0.15) is 114 Å². The van der Waals surface area contributed by atoms with Gasteiger partial charge in [-0.3, -0.25) is 9.80 Å². The molecule has 2 aromatic heterocycles. The lowest BCUT2D eigenvalue weighted by Gasteiger charge is -2.50. The Bertz CT molecular complexity index is 1770. The minimum absolute atomic E-state index is 0.0985. The van der Waals surface area contributed by atoms with Crippen molar-refractivity contribution in [1.29, 1.82) is 0 Å². The van der Waals surface area contributed by atoms with Crippen LogP contribution in [-0.2, 0) is 14.2 Å². The van der Waals surface area contributed by atoms with Crippen molar-refractivity contribution in [2.24, 2.45) is 0 Å². The first kappa shape index (κ1) is 47.2. The summed E-state index contributed by atoms with van der Waals surface area (Å²) in [5.41, 5.74) is 0.670. The van der Waals surface area contributed by atoms with E-state index in [1.807, 2.05) is 32.6 Å². The SMILES string of the molecule is CC[C@H]1CN(c2ncc(C(=O)OC)nc2C)[C@H](C)CN1C1CCN(C)CC1.CC[C@H]1CN(c2ncc(C(=O)OC)nc2Cl)[C@H](C)CN1C1CCN(C(=O)OC(C)(C)C)CC1. The molecule has 1 amide bonds. The molecular weight excluding hydrogens is 788 g/mol. The fraction of sp³-hybridized carbons (Fsp3) is 0.744. The van der Waals surface area contributed by atoms with Crippen molar-refractivity contribution in [3.05, 3.63) is 34.6 Å². The number of hydrogen-bond acceptors (Lipinski definition) is 15. The van der Waals surface area contributed by atoms with E-state index in [4.69, 9.17) is 25.8 Å². The van der Waals surface area contributed by atoms with Crippen LogP contribution in [0.5, 0.6) is 0 Å². The Hall–Kier alpha value is -3.86. The molecule has 4 aliphatic rings. The number of anilines is 2. The summed E-state index contributed by atoms with van der Waals surface area (Å²) in [4.78, 5) is 67.6. The van der Waals surface area contributed by atoms with Gasteiger partial charge < -0.3 is 33.8 Å². The molecular formula is C43H69ClN10O6. The highest BCUT2D eigenvalue weighted by Crippen LogP contribution is 2.32. The van der Waals surface area contributed by atoms with Crippen molar-refractivity contribution >= 4 is 41.3 Å². The summed E-state index contributed by atoms with van der Waals surface area (Å²) in [5.74, 6) is 0.480. The Labute approximate surface area is 362 Å². The zero-order valence-corrected chi connectivity index (χ0v) is 38.6. The van der Waals surface area contributed by atoms with E-state index in [1.165, 1.54) is 52.5 Å². The zero-order chi connectivity index (χ0) is 43.9. The maximum atomic E-state index is 12.4. The first-order chi connectivity index (χ1) is 28.5. The fourth-order valence-electron chi connectivity index (χ4n) is 9.09. The summed E-state index contributed by atoms with van der Waals surface area (Å²) in [6, 6.07) is 2.50. The number of nitrogens with zero attached hydrogens (tertiary/aromatic N) is 10. The predicted molar refractivity (Wildman–Crippen MR) is 233 cm³/mol. The van der Waals surface area contributed by atoms with E-state index in [2.05, 4.69) is 79.2 Å². The van der Waals surface area contributed by atoms with Gasteiger partial charge in [-0.05, 0) is 100 Å². The molecule has 0 aliphatic carbocycles. The van der Waals surface area contributed by atoms with E-state index in [-0.39, 0.29) is 28.7 Å². The number of carbonyl (C=O) groups excluding carboxylic acids is 3. The minimum atomic E-state index is -0.557. The van der Waals surface area contributed by atoms with E-state index < -0.39 is 17.5 Å². The maximum Gasteiger partial charge on any atom is 0.410 e. The van der Waals surface area contributed by atoms with Gasteiger partial charge >= 0.3 is 18.0 Å². The van der Waals surface area contributed by atoms with Gasteiger partial charge in [-0.25, -0.2) is 34.3 Å². The Morgan fingerprint density at radius 1 is 0.733 bits per heavy atom. The molecule has 16 nitrogen and oxygen atoms in total. The summed E-state index contributed by atoms with van der Waals surface area (Å²) in [6.07, 6.45) is 9.20. The third-order valence-electron chi connectivity index (χ3n) is 12.4. The van der Waals surface area contributed by atoms with E-state index in [0.29, 0.717) is 49.1 Å². The van der Waals surface area contributed by atoms with Gasteiger partial charge in [0, 0.05) is 75.5 Å². The molecule has 4 atom stereocenters. The number of carbonyl (C=O) groups is 3. The van der Waals surface area contributed by atoms with Crippen molar-refractivity contribution in [3.63, 3.8) is 0 Å². The van der Waals surface area contributed by atoms with Gasteiger partial charge in [-0.15, -0.1) is 0 Å². The largest absolute Gasteiger partial charge is 0.464 e. The molecule has 4 aliphatic heterocycles. The average molecular weight is 858 g/mol. The zero-order valence-electron chi connectivity index (χ0n) is 37.8. The quantitative estimate of drug-likeness (QED) is 0.241. The number of halogens is 1. The minimum Gasteiger partial charge on any atom is -0.464 e. The Balaban J connectivity index is 0.000000232. The summed E-state index contributed by atoms with van der Waals surface area (Å²) >= 11 is 6.41. The molecule has 2 aromatic rings. The Kier molecular flexibility index (Phi) is 16.4. The highest BCUT2D eigenvalue weighted by atomic mass is 35.5. The maximum absolute atomic E-state index is 12.4. The molecule has 0 spiro atoms. The molecule has 0 bridgehead atoms. The van der Waals surface area contributed by atoms with Crippen molar-refractivity contribution in [2.45, 2.75) is 136 Å². The average Bonchev–Trinajstić information content (AvgIpc) is 3.23. The van der Waals surface area contributed by atoms with Gasteiger partial charge in [0.25, 0.3) is 0 Å². The number of ether oxygens (including phenoxy) is 3.